The summed E-state index contributed by atoms with van der Waals surface area (Å²) < 4.78 is 10.2. The first kappa shape index (κ1) is 13.5. The lowest BCUT2D eigenvalue weighted by Crippen LogP contribution is -2.43. The third-order valence-electron chi connectivity index (χ3n) is 3.24. The van der Waals surface area contributed by atoms with Gasteiger partial charge in [0.05, 0.1) is 12.0 Å². The maximum atomic E-state index is 12.1. The first-order valence-corrected chi connectivity index (χ1v) is 6.12. The smallest absolute Gasteiger partial charge is 0.312 e. The fourth-order valence-corrected chi connectivity index (χ4v) is 2.31. The first-order valence-electron chi connectivity index (χ1n) is 6.12. The van der Waals surface area contributed by atoms with Crippen molar-refractivity contribution in [3.63, 3.8) is 0 Å². The lowest BCUT2D eigenvalue weighted by atomic mass is 9.75. The summed E-state index contributed by atoms with van der Waals surface area (Å²) in [5.41, 5.74) is -0.242. The maximum absolute atomic E-state index is 12.1. The number of ether oxygens (including phenoxy) is 2. The van der Waals surface area contributed by atoms with Crippen LogP contribution in [0.15, 0.2) is 0 Å². The standard InChI is InChI=1S/C12H23NO3/c1-3-4-12(5-7-13-8-6-12)11(14)16-10-9-15-2/h13H,3-10H2,1-2H3. The van der Waals surface area contributed by atoms with E-state index >= 15 is 0 Å². The van der Waals surface area contributed by atoms with E-state index in [1.165, 1.54) is 0 Å². The predicted octanol–water partition coefficient (Wildman–Crippen LogP) is 1.35. The summed E-state index contributed by atoms with van der Waals surface area (Å²) in [7, 11) is 1.61. The van der Waals surface area contributed by atoms with E-state index in [0.29, 0.717) is 13.2 Å². The van der Waals surface area contributed by atoms with Crippen molar-refractivity contribution in [2.45, 2.75) is 32.6 Å². The Morgan fingerprint density at radius 1 is 1.31 bits per heavy atom. The number of hydrogen-bond donors (Lipinski definition) is 1. The largest absolute Gasteiger partial charge is 0.463 e. The van der Waals surface area contributed by atoms with E-state index in [1.54, 1.807) is 7.11 Å². The minimum Gasteiger partial charge on any atom is -0.463 e. The van der Waals surface area contributed by atoms with Gasteiger partial charge in [0.15, 0.2) is 0 Å². The normalized spacial score (nSPS) is 19.4. The van der Waals surface area contributed by atoms with Crippen LogP contribution in [0.25, 0.3) is 0 Å². The Morgan fingerprint density at radius 3 is 2.56 bits per heavy atom. The predicted molar refractivity (Wildman–Crippen MR) is 62.3 cm³/mol. The molecular weight excluding hydrogens is 206 g/mol. The van der Waals surface area contributed by atoms with Crippen LogP contribution < -0.4 is 5.32 Å². The van der Waals surface area contributed by atoms with Crippen LogP contribution in [-0.4, -0.2) is 39.4 Å². The van der Waals surface area contributed by atoms with Crippen LogP contribution >= 0.6 is 0 Å². The van der Waals surface area contributed by atoms with Crippen LogP contribution in [-0.2, 0) is 14.3 Å². The van der Waals surface area contributed by atoms with Gasteiger partial charge in [-0.1, -0.05) is 13.3 Å². The van der Waals surface area contributed by atoms with E-state index in [9.17, 15) is 4.79 Å². The van der Waals surface area contributed by atoms with Gasteiger partial charge in [-0.05, 0) is 32.4 Å². The lowest BCUT2D eigenvalue weighted by molar-refractivity contribution is -0.159. The molecule has 0 aliphatic carbocycles. The van der Waals surface area contributed by atoms with Gasteiger partial charge in [0.1, 0.15) is 6.61 Å². The van der Waals surface area contributed by atoms with Gasteiger partial charge in [-0.25, -0.2) is 0 Å². The molecule has 4 heteroatoms. The van der Waals surface area contributed by atoms with E-state index in [0.717, 1.165) is 38.8 Å². The van der Waals surface area contributed by atoms with Crippen LogP contribution in [0.1, 0.15) is 32.6 Å². The molecule has 0 radical (unpaired) electrons. The highest BCUT2D eigenvalue weighted by Gasteiger charge is 2.39. The topological polar surface area (TPSA) is 47.6 Å². The summed E-state index contributed by atoms with van der Waals surface area (Å²) >= 11 is 0. The molecule has 1 saturated heterocycles. The highest BCUT2D eigenvalue weighted by molar-refractivity contribution is 5.77. The Kier molecular flexibility index (Phi) is 5.77. The molecule has 0 aromatic rings. The number of carbonyl (C=O) groups excluding carboxylic acids is 1. The number of piperidine rings is 1. The van der Waals surface area contributed by atoms with Crippen molar-refractivity contribution in [2.75, 3.05) is 33.4 Å². The minimum absolute atomic E-state index is 0.0344. The molecule has 0 bridgehead atoms. The van der Waals surface area contributed by atoms with Gasteiger partial charge < -0.3 is 14.8 Å². The SMILES string of the molecule is CCCC1(C(=O)OCCOC)CCNCC1. The van der Waals surface area contributed by atoms with Crippen LogP contribution in [0.3, 0.4) is 0 Å². The van der Waals surface area contributed by atoms with Gasteiger partial charge in [0, 0.05) is 7.11 Å². The van der Waals surface area contributed by atoms with Gasteiger partial charge in [-0.3, -0.25) is 4.79 Å². The molecule has 0 aromatic heterocycles. The highest BCUT2D eigenvalue weighted by atomic mass is 16.6. The van der Waals surface area contributed by atoms with Crippen LogP contribution in [0.4, 0.5) is 0 Å². The van der Waals surface area contributed by atoms with Gasteiger partial charge in [0.2, 0.25) is 0 Å². The number of esters is 1. The van der Waals surface area contributed by atoms with Crippen LogP contribution in [0.5, 0.6) is 0 Å². The second-order valence-electron chi connectivity index (χ2n) is 4.41. The molecule has 4 nitrogen and oxygen atoms in total. The van der Waals surface area contributed by atoms with Gasteiger partial charge in [-0.15, -0.1) is 0 Å². The second-order valence-corrected chi connectivity index (χ2v) is 4.41. The molecule has 1 aliphatic heterocycles. The molecule has 0 spiro atoms. The summed E-state index contributed by atoms with van der Waals surface area (Å²) in [6.07, 6.45) is 3.75. The summed E-state index contributed by atoms with van der Waals surface area (Å²) in [4.78, 5) is 12.1. The van der Waals surface area contributed by atoms with Crippen molar-refractivity contribution < 1.29 is 14.3 Å². The average Bonchev–Trinajstić information content (AvgIpc) is 2.31. The van der Waals surface area contributed by atoms with E-state index in [-0.39, 0.29) is 11.4 Å². The molecule has 1 rings (SSSR count). The number of carbonyl (C=O) groups is 1. The molecule has 1 fully saturated rings. The Labute approximate surface area is 97.7 Å². The highest BCUT2D eigenvalue weighted by Crippen LogP contribution is 2.35. The molecule has 1 heterocycles. The molecule has 0 atom stereocenters. The molecule has 0 aromatic carbocycles. The lowest BCUT2D eigenvalue weighted by Gasteiger charge is -2.35. The number of nitrogens with one attached hydrogen (secondary N) is 1. The fraction of sp³-hybridized carbons (Fsp3) is 0.917. The van der Waals surface area contributed by atoms with Crippen molar-refractivity contribution in [3.05, 3.63) is 0 Å². The van der Waals surface area contributed by atoms with Gasteiger partial charge >= 0.3 is 5.97 Å². The first-order chi connectivity index (χ1) is 7.75. The van der Waals surface area contributed by atoms with Crippen molar-refractivity contribution in [3.8, 4) is 0 Å². The second kappa shape index (κ2) is 6.86. The minimum atomic E-state index is -0.242. The number of methoxy groups -OCH3 is 1. The monoisotopic (exact) mass is 229 g/mol. The quantitative estimate of drug-likeness (QED) is 0.551. The summed E-state index contributed by atoms with van der Waals surface area (Å²) in [5, 5.41) is 3.29. The zero-order chi connectivity index (χ0) is 11.9. The Hall–Kier alpha value is -0.610. The van der Waals surface area contributed by atoms with E-state index in [4.69, 9.17) is 9.47 Å². The Bertz CT molecular complexity index is 207. The zero-order valence-electron chi connectivity index (χ0n) is 10.4. The molecule has 0 saturated carbocycles. The van der Waals surface area contributed by atoms with Gasteiger partial charge in [0.25, 0.3) is 0 Å². The Morgan fingerprint density at radius 2 is 2.00 bits per heavy atom. The fourth-order valence-electron chi connectivity index (χ4n) is 2.31. The average molecular weight is 229 g/mol. The van der Waals surface area contributed by atoms with E-state index in [2.05, 4.69) is 12.2 Å². The van der Waals surface area contributed by atoms with Gasteiger partial charge in [-0.2, -0.15) is 0 Å². The number of rotatable bonds is 6. The molecular formula is C12H23NO3. The summed E-state index contributed by atoms with van der Waals surface area (Å²) in [6.45, 7) is 4.80. The third-order valence-corrected chi connectivity index (χ3v) is 3.24. The molecule has 1 aliphatic rings. The zero-order valence-corrected chi connectivity index (χ0v) is 10.4. The third kappa shape index (κ3) is 3.46. The van der Waals surface area contributed by atoms with Crippen molar-refractivity contribution in [1.82, 2.24) is 5.32 Å². The molecule has 1 N–H and O–H groups in total. The summed E-state index contributed by atoms with van der Waals surface area (Å²) in [6, 6.07) is 0. The molecule has 94 valence electrons. The van der Waals surface area contributed by atoms with Crippen LogP contribution in [0, 0.1) is 5.41 Å². The maximum Gasteiger partial charge on any atom is 0.312 e. The molecule has 0 amide bonds. The molecule has 16 heavy (non-hydrogen) atoms. The van der Waals surface area contributed by atoms with Crippen molar-refractivity contribution >= 4 is 5.97 Å². The van der Waals surface area contributed by atoms with Crippen LogP contribution in [0.2, 0.25) is 0 Å². The van der Waals surface area contributed by atoms with E-state index < -0.39 is 0 Å². The molecule has 0 unspecified atom stereocenters. The Balaban J connectivity index is 2.50. The number of hydrogen-bond acceptors (Lipinski definition) is 4. The van der Waals surface area contributed by atoms with Crippen molar-refractivity contribution in [1.29, 1.82) is 0 Å². The van der Waals surface area contributed by atoms with E-state index in [1.807, 2.05) is 0 Å². The summed E-state index contributed by atoms with van der Waals surface area (Å²) in [5.74, 6) is -0.0344. The van der Waals surface area contributed by atoms with Crippen molar-refractivity contribution in [2.24, 2.45) is 5.41 Å².